The highest BCUT2D eigenvalue weighted by Crippen LogP contribution is 2.22. The van der Waals surface area contributed by atoms with Crippen molar-refractivity contribution < 1.29 is 4.79 Å². The predicted molar refractivity (Wildman–Crippen MR) is 90.8 cm³/mol. The fourth-order valence-corrected chi connectivity index (χ4v) is 3.15. The fraction of sp³-hybridized carbons (Fsp3) is 0.471. The monoisotopic (exact) mass is 317 g/mol. The molecule has 2 heterocycles. The molecule has 2 aromatic rings. The van der Waals surface area contributed by atoms with Crippen molar-refractivity contribution in [1.29, 1.82) is 0 Å². The second-order valence-corrected chi connectivity index (χ2v) is 6.10. The number of thiazole rings is 1. The minimum atomic E-state index is 0.232. The average molecular weight is 317 g/mol. The van der Waals surface area contributed by atoms with E-state index in [2.05, 4.69) is 23.8 Å². The lowest BCUT2D eigenvalue weighted by molar-refractivity contribution is -0.131. The number of hydrogen-bond acceptors (Lipinski definition) is 4. The summed E-state index contributed by atoms with van der Waals surface area (Å²) >= 11 is 1.58. The van der Waals surface area contributed by atoms with Gasteiger partial charge in [-0.1, -0.05) is 19.9 Å². The van der Waals surface area contributed by atoms with Crippen molar-refractivity contribution in [3.63, 3.8) is 0 Å². The molecule has 2 aromatic heterocycles. The van der Waals surface area contributed by atoms with Crippen molar-refractivity contribution in [3.05, 3.63) is 35.5 Å². The predicted octanol–water partition coefficient (Wildman–Crippen LogP) is 3.79. The summed E-state index contributed by atoms with van der Waals surface area (Å²) in [5.74, 6) is 0.232. The summed E-state index contributed by atoms with van der Waals surface area (Å²) in [6, 6.07) is 5.81. The van der Waals surface area contributed by atoms with Gasteiger partial charge in [0.2, 0.25) is 5.91 Å². The van der Waals surface area contributed by atoms with E-state index in [0.29, 0.717) is 12.8 Å². The van der Waals surface area contributed by atoms with E-state index in [1.54, 1.807) is 17.5 Å². The average Bonchev–Trinajstić information content (AvgIpc) is 3.02. The highest BCUT2D eigenvalue weighted by Gasteiger charge is 2.13. The van der Waals surface area contributed by atoms with Crippen LogP contribution in [0, 0.1) is 0 Å². The molecule has 0 unspecified atom stereocenters. The molecule has 0 atom stereocenters. The van der Waals surface area contributed by atoms with Crippen molar-refractivity contribution in [3.8, 4) is 10.7 Å². The van der Waals surface area contributed by atoms with Crippen molar-refractivity contribution in [2.45, 2.75) is 39.5 Å². The molecule has 2 rings (SSSR count). The van der Waals surface area contributed by atoms with Crippen LogP contribution >= 0.6 is 11.3 Å². The molecule has 0 aromatic carbocycles. The van der Waals surface area contributed by atoms with Crippen LogP contribution < -0.4 is 0 Å². The van der Waals surface area contributed by atoms with Gasteiger partial charge in [-0.2, -0.15) is 0 Å². The molecule has 0 bridgehead atoms. The van der Waals surface area contributed by atoms with E-state index in [1.165, 1.54) is 0 Å². The van der Waals surface area contributed by atoms with E-state index in [9.17, 15) is 4.79 Å². The zero-order chi connectivity index (χ0) is 15.8. The number of hydrogen-bond donors (Lipinski definition) is 0. The third kappa shape index (κ3) is 4.63. The summed E-state index contributed by atoms with van der Waals surface area (Å²) in [6.45, 7) is 5.91. The Hall–Kier alpha value is -1.75. The Morgan fingerprint density at radius 2 is 2.00 bits per heavy atom. The van der Waals surface area contributed by atoms with E-state index in [4.69, 9.17) is 0 Å². The standard InChI is InChI=1S/C17H23N3OS/c1-3-11-20(12-4-2)16(21)9-8-14-13-22-17(19-14)15-7-5-6-10-18-15/h5-7,10,13H,3-4,8-9,11-12H2,1-2H3. The van der Waals surface area contributed by atoms with Gasteiger partial charge in [0, 0.05) is 31.1 Å². The van der Waals surface area contributed by atoms with Crippen molar-refractivity contribution in [2.75, 3.05) is 13.1 Å². The maximum absolute atomic E-state index is 12.3. The van der Waals surface area contributed by atoms with Crippen LogP contribution in [0.1, 0.15) is 38.8 Å². The number of aromatic nitrogens is 2. The second-order valence-electron chi connectivity index (χ2n) is 5.24. The first-order valence-electron chi connectivity index (χ1n) is 7.88. The molecule has 118 valence electrons. The molecule has 0 spiro atoms. The van der Waals surface area contributed by atoms with Crippen molar-refractivity contribution >= 4 is 17.2 Å². The summed E-state index contributed by atoms with van der Waals surface area (Å²) in [6.07, 6.45) is 5.02. The zero-order valence-electron chi connectivity index (χ0n) is 13.3. The second kappa shape index (κ2) is 8.63. The SMILES string of the molecule is CCCN(CCC)C(=O)CCc1csc(-c2ccccn2)n1. The molecule has 0 aliphatic carbocycles. The molecule has 5 heteroatoms. The smallest absolute Gasteiger partial charge is 0.222 e. The highest BCUT2D eigenvalue weighted by atomic mass is 32.1. The summed E-state index contributed by atoms with van der Waals surface area (Å²) in [5.41, 5.74) is 1.87. The zero-order valence-corrected chi connectivity index (χ0v) is 14.1. The lowest BCUT2D eigenvalue weighted by Gasteiger charge is -2.21. The van der Waals surface area contributed by atoms with Crippen LogP contribution in [0.5, 0.6) is 0 Å². The number of nitrogens with zero attached hydrogens (tertiary/aromatic N) is 3. The van der Waals surface area contributed by atoms with E-state index in [0.717, 1.165) is 42.3 Å². The van der Waals surface area contributed by atoms with Crippen LogP contribution in [0.3, 0.4) is 0 Å². The van der Waals surface area contributed by atoms with E-state index in [1.807, 2.05) is 28.5 Å². The van der Waals surface area contributed by atoms with E-state index in [-0.39, 0.29) is 5.91 Å². The molecule has 0 aliphatic rings. The van der Waals surface area contributed by atoms with Gasteiger partial charge in [0.25, 0.3) is 0 Å². The largest absolute Gasteiger partial charge is 0.343 e. The Labute approximate surface area is 136 Å². The fourth-order valence-electron chi connectivity index (χ4n) is 2.32. The number of amides is 1. The Morgan fingerprint density at radius 3 is 2.64 bits per heavy atom. The van der Waals surface area contributed by atoms with Crippen LogP contribution in [0.4, 0.5) is 0 Å². The Bertz CT molecular complexity index is 577. The molecular formula is C17H23N3OS. The third-order valence-corrected chi connectivity index (χ3v) is 4.28. The lowest BCUT2D eigenvalue weighted by Crippen LogP contribution is -2.32. The van der Waals surface area contributed by atoms with Crippen molar-refractivity contribution in [2.24, 2.45) is 0 Å². The molecule has 0 N–H and O–H groups in total. The van der Waals surface area contributed by atoms with Gasteiger partial charge < -0.3 is 4.90 Å². The summed E-state index contributed by atoms with van der Waals surface area (Å²) in [5, 5.41) is 2.95. The molecule has 4 nitrogen and oxygen atoms in total. The van der Waals surface area contributed by atoms with Crippen LogP contribution in [0.25, 0.3) is 10.7 Å². The highest BCUT2D eigenvalue weighted by molar-refractivity contribution is 7.13. The van der Waals surface area contributed by atoms with Crippen LogP contribution in [-0.4, -0.2) is 33.9 Å². The minimum absolute atomic E-state index is 0.232. The van der Waals surface area contributed by atoms with Gasteiger partial charge in [-0.25, -0.2) is 4.98 Å². The molecule has 0 fully saturated rings. The Kier molecular flexibility index (Phi) is 6.52. The van der Waals surface area contributed by atoms with Gasteiger partial charge in [0.1, 0.15) is 5.01 Å². The van der Waals surface area contributed by atoms with Gasteiger partial charge in [-0.15, -0.1) is 11.3 Å². The van der Waals surface area contributed by atoms with Gasteiger partial charge >= 0.3 is 0 Å². The number of rotatable bonds is 8. The Balaban J connectivity index is 1.92. The maximum Gasteiger partial charge on any atom is 0.222 e. The first-order valence-corrected chi connectivity index (χ1v) is 8.76. The van der Waals surface area contributed by atoms with Crippen LogP contribution in [0.15, 0.2) is 29.8 Å². The number of carbonyl (C=O) groups excluding carboxylic acids is 1. The third-order valence-electron chi connectivity index (χ3n) is 3.37. The molecule has 0 saturated carbocycles. The Morgan fingerprint density at radius 1 is 1.23 bits per heavy atom. The van der Waals surface area contributed by atoms with Crippen LogP contribution in [0.2, 0.25) is 0 Å². The quantitative estimate of drug-likeness (QED) is 0.744. The van der Waals surface area contributed by atoms with Gasteiger partial charge in [0.15, 0.2) is 0 Å². The van der Waals surface area contributed by atoms with E-state index >= 15 is 0 Å². The topological polar surface area (TPSA) is 46.1 Å². The number of pyridine rings is 1. The van der Waals surface area contributed by atoms with Crippen LogP contribution in [-0.2, 0) is 11.2 Å². The minimum Gasteiger partial charge on any atom is -0.343 e. The molecule has 1 amide bonds. The molecule has 22 heavy (non-hydrogen) atoms. The number of aryl methyl sites for hydroxylation is 1. The molecule has 0 radical (unpaired) electrons. The summed E-state index contributed by atoms with van der Waals surface area (Å²) < 4.78 is 0. The first kappa shape index (κ1) is 16.6. The summed E-state index contributed by atoms with van der Waals surface area (Å²) in [4.78, 5) is 23.1. The normalized spacial score (nSPS) is 10.6. The molecule has 0 aliphatic heterocycles. The van der Waals surface area contributed by atoms with Gasteiger partial charge in [-0.3, -0.25) is 9.78 Å². The first-order chi connectivity index (χ1) is 10.7. The van der Waals surface area contributed by atoms with Gasteiger partial charge in [-0.05, 0) is 31.4 Å². The molecule has 0 saturated heterocycles. The number of carbonyl (C=O) groups is 1. The lowest BCUT2D eigenvalue weighted by atomic mass is 10.2. The maximum atomic E-state index is 12.3. The summed E-state index contributed by atoms with van der Waals surface area (Å²) in [7, 11) is 0. The van der Waals surface area contributed by atoms with Crippen molar-refractivity contribution in [1.82, 2.24) is 14.9 Å². The van der Waals surface area contributed by atoms with Gasteiger partial charge in [0.05, 0.1) is 11.4 Å². The van der Waals surface area contributed by atoms with E-state index < -0.39 is 0 Å². The molecular weight excluding hydrogens is 294 g/mol.